The minimum Gasteiger partial charge on any atom is -0.479 e. The quantitative estimate of drug-likeness (QED) is 0.294. The number of ether oxygens (including phenoxy) is 1. The van der Waals surface area contributed by atoms with Crippen LogP contribution in [0.25, 0.3) is 11.0 Å². The highest BCUT2D eigenvalue weighted by Gasteiger charge is 2.38. The Bertz CT molecular complexity index is 1360. The van der Waals surface area contributed by atoms with E-state index in [0.29, 0.717) is 30.4 Å². The largest absolute Gasteiger partial charge is 0.479 e. The van der Waals surface area contributed by atoms with Gasteiger partial charge in [0.05, 0.1) is 30.8 Å². The molecule has 8 nitrogen and oxygen atoms in total. The van der Waals surface area contributed by atoms with E-state index in [1.807, 2.05) is 31.2 Å². The number of pyridine rings is 2. The number of aryl methyl sites for hydroxylation is 1. The van der Waals surface area contributed by atoms with Crippen LogP contribution >= 0.6 is 0 Å². The molecule has 2 heterocycles. The molecule has 0 aliphatic heterocycles. The van der Waals surface area contributed by atoms with Crippen LogP contribution < -0.4 is 15.5 Å². The molecule has 3 rings (SSSR count). The van der Waals surface area contributed by atoms with Crippen LogP contribution in [0.15, 0.2) is 41.3 Å². The molecule has 2 N–H and O–H groups in total. The van der Waals surface area contributed by atoms with Gasteiger partial charge in [0.2, 0.25) is 11.3 Å². The monoisotopic (exact) mass is 539 g/mol. The zero-order valence-corrected chi connectivity index (χ0v) is 25.0. The third-order valence-electron chi connectivity index (χ3n) is 7.54. The summed E-state index contributed by atoms with van der Waals surface area (Å²) in [6.45, 7) is 17.9. The van der Waals surface area contributed by atoms with E-state index < -0.39 is 19.7 Å². The van der Waals surface area contributed by atoms with Gasteiger partial charge in [-0.1, -0.05) is 64.4 Å². The first-order valence-electron chi connectivity index (χ1n) is 13.0. The summed E-state index contributed by atoms with van der Waals surface area (Å²) in [6, 6.07) is 9.51. The lowest BCUT2D eigenvalue weighted by molar-refractivity contribution is 0.0694. The highest BCUT2D eigenvalue weighted by molar-refractivity contribution is 6.74. The minimum absolute atomic E-state index is 0.0197. The number of aromatic carboxylic acids is 1. The van der Waals surface area contributed by atoms with Crippen molar-refractivity contribution in [3.63, 3.8) is 0 Å². The molecule has 1 atom stereocenters. The molecule has 0 fully saturated rings. The summed E-state index contributed by atoms with van der Waals surface area (Å²) in [4.78, 5) is 30.1. The minimum atomic E-state index is -2.08. The predicted octanol–water partition coefficient (Wildman–Crippen LogP) is 6.24. The summed E-state index contributed by atoms with van der Waals surface area (Å²) in [5.74, 6) is -0.864. The Morgan fingerprint density at radius 2 is 1.82 bits per heavy atom. The summed E-state index contributed by atoms with van der Waals surface area (Å²) in [7, 11) is -0.553. The number of fused-ring (bicyclic) bond motifs is 1. The van der Waals surface area contributed by atoms with Gasteiger partial charge in [-0.2, -0.15) is 4.98 Å². The van der Waals surface area contributed by atoms with Gasteiger partial charge in [-0.05, 0) is 42.6 Å². The van der Waals surface area contributed by atoms with E-state index in [-0.39, 0.29) is 27.9 Å². The summed E-state index contributed by atoms with van der Waals surface area (Å²) >= 11 is 0. The van der Waals surface area contributed by atoms with Crippen molar-refractivity contribution in [1.29, 1.82) is 0 Å². The Kier molecular flexibility index (Phi) is 8.73. The molecule has 1 unspecified atom stereocenters. The molecule has 3 aromatic rings. The second-order valence-corrected chi connectivity index (χ2v) is 16.5. The number of carboxylic acid groups (broad SMARTS) is 1. The van der Waals surface area contributed by atoms with Crippen LogP contribution in [-0.2, 0) is 11.0 Å². The van der Waals surface area contributed by atoms with E-state index in [4.69, 9.17) is 14.1 Å². The SMILES string of the molecule is COc1nc2c(cc1NCc1ccc(C)cc1)c(=O)c(C(=O)O)cn2C(CO[Si](C)(C)C(C)(C)C)C(C)C. The first kappa shape index (κ1) is 29.4. The maximum Gasteiger partial charge on any atom is 0.341 e. The standard InChI is InChI=1S/C29H41N3O5Si/c1-18(2)24(17-37-38(8,9)29(4,5)6)32-16-22(28(34)35)25(33)21-14-23(27(36-7)31-26(21)32)30-15-20-12-10-19(3)11-13-20/h10-14,16,18,24,30H,15,17H2,1-9H3,(H,34,35). The lowest BCUT2D eigenvalue weighted by Crippen LogP contribution is -2.42. The molecular weight excluding hydrogens is 498 g/mol. The van der Waals surface area contributed by atoms with Gasteiger partial charge in [0.25, 0.3) is 0 Å². The number of nitrogens with zero attached hydrogens (tertiary/aromatic N) is 2. The summed E-state index contributed by atoms with van der Waals surface area (Å²) in [5, 5.41) is 13.4. The topological polar surface area (TPSA) is 103 Å². The smallest absolute Gasteiger partial charge is 0.341 e. The molecule has 0 saturated heterocycles. The molecule has 0 aliphatic rings. The molecule has 0 aliphatic carbocycles. The Balaban J connectivity index is 2.14. The Labute approximate surface area is 226 Å². The van der Waals surface area contributed by atoms with Crippen LogP contribution in [-0.4, -0.2) is 42.7 Å². The molecule has 1 aromatic carbocycles. The molecular formula is C29H41N3O5Si. The van der Waals surface area contributed by atoms with Crippen molar-refractivity contribution >= 4 is 31.0 Å². The molecule has 0 bridgehead atoms. The van der Waals surface area contributed by atoms with E-state index in [0.717, 1.165) is 11.1 Å². The normalized spacial score (nSPS) is 13.1. The summed E-state index contributed by atoms with van der Waals surface area (Å²) < 4.78 is 13.9. The van der Waals surface area contributed by atoms with Crippen molar-refractivity contribution in [1.82, 2.24) is 9.55 Å². The second-order valence-electron chi connectivity index (χ2n) is 11.7. The fourth-order valence-electron chi connectivity index (χ4n) is 3.95. The van der Waals surface area contributed by atoms with Gasteiger partial charge >= 0.3 is 5.97 Å². The number of carbonyl (C=O) groups is 1. The van der Waals surface area contributed by atoms with Gasteiger partial charge in [0.15, 0.2) is 8.32 Å². The number of benzene rings is 1. The van der Waals surface area contributed by atoms with Crippen molar-refractivity contribution in [2.75, 3.05) is 19.0 Å². The first-order chi connectivity index (χ1) is 17.7. The first-order valence-corrected chi connectivity index (χ1v) is 15.9. The van der Waals surface area contributed by atoms with Crippen molar-refractivity contribution in [2.24, 2.45) is 5.92 Å². The number of methoxy groups -OCH3 is 1. The lowest BCUT2D eigenvalue weighted by atomic mass is 10.0. The van der Waals surface area contributed by atoms with E-state index >= 15 is 0 Å². The molecule has 0 saturated carbocycles. The molecule has 9 heteroatoms. The van der Waals surface area contributed by atoms with Gasteiger partial charge in [-0.15, -0.1) is 0 Å². The van der Waals surface area contributed by atoms with Crippen LogP contribution in [0, 0.1) is 12.8 Å². The Morgan fingerprint density at radius 3 is 2.34 bits per heavy atom. The second kappa shape index (κ2) is 11.3. The van der Waals surface area contributed by atoms with Crippen LogP contribution in [0.2, 0.25) is 18.1 Å². The summed E-state index contributed by atoms with van der Waals surface area (Å²) in [5.41, 5.74) is 2.23. The Morgan fingerprint density at radius 1 is 1.18 bits per heavy atom. The van der Waals surface area contributed by atoms with Gasteiger partial charge in [-0.25, -0.2) is 4.79 Å². The highest BCUT2D eigenvalue weighted by Crippen LogP contribution is 2.38. The molecule has 2 aromatic heterocycles. The average Bonchev–Trinajstić information content (AvgIpc) is 2.83. The van der Waals surface area contributed by atoms with Crippen molar-refractivity contribution in [3.05, 3.63) is 63.4 Å². The number of aromatic nitrogens is 2. The number of hydrogen-bond donors (Lipinski definition) is 2. The van der Waals surface area contributed by atoms with E-state index in [1.165, 1.54) is 13.3 Å². The summed E-state index contributed by atoms with van der Waals surface area (Å²) in [6.07, 6.45) is 1.40. The number of hydrogen-bond acceptors (Lipinski definition) is 6. The number of nitrogens with one attached hydrogen (secondary N) is 1. The zero-order chi connectivity index (χ0) is 28.4. The van der Waals surface area contributed by atoms with Crippen molar-refractivity contribution < 1.29 is 19.1 Å². The van der Waals surface area contributed by atoms with Crippen molar-refractivity contribution in [3.8, 4) is 5.88 Å². The van der Waals surface area contributed by atoms with E-state index in [1.54, 1.807) is 10.6 Å². The lowest BCUT2D eigenvalue weighted by Gasteiger charge is -2.38. The molecule has 0 spiro atoms. The van der Waals surface area contributed by atoms with Gasteiger partial charge < -0.3 is 24.2 Å². The molecule has 0 amide bonds. The number of carboxylic acids is 1. The van der Waals surface area contributed by atoms with E-state index in [2.05, 4.69) is 53.0 Å². The fourth-order valence-corrected chi connectivity index (χ4v) is 4.97. The maximum atomic E-state index is 13.3. The third-order valence-corrected chi connectivity index (χ3v) is 12.0. The zero-order valence-electron chi connectivity index (χ0n) is 24.0. The maximum absolute atomic E-state index is 13.3. The van der Waals surface area contributed by atoms with Crippen LogP contribution in [0.4, 0.5) is 5.69 Å². The van der Waals surface area contributed by atoms with Crippen LogP contribution in [0.1, 0.15) is 62.1 Å². The number of anilines is 1. The predicted molar refractivity (Wildman–Crippen MR) is 155 cm³/mol. The van der Waals surface area contributed by atoms with E-state index in [9.17, 15) is 14.7 Å². The Hall–Kier alpha value is -3.17. The number of rotatable bonds is 10. The molecule has 0 radical (unpaired) electrons. The molecule has 206 valence electrons. The average molecular weight is 540 g/mol. The van der Waals surface area contributed by atoms with Gasteiger partial charge in [-0.3, -0.25) is 4.79 Å². The third kappa shape index (κ3) is 6.27. The van der Waals surface area contributed by atoms with Gasteiger partial charge in [0.1, 0.15) is 11.2 Å². The fraction of sp³-hybridized carbons (Fsp3) is 0.483. The van der Waals surface area contributed by atoms with Gasteiger partial charge in [0, 0.05) is 12.7 Å². The molecule has 38 heavy (non-hydrogen) atoms. The highest BCUT2D eigenvalue weighted by atomic mass is 28.4. The van der Waals surface area contributed by atoms with Crippen LogP contribution in [0.5, 0.6) is 5.88 Å². The van der Waals surface area contributed by atoms with Crippen molar-refractivity contribution in [2.45, 2.75) is 72.3 Å². The van der Waals surface area contributed by atoms with Crippen LogP contribution in [0.3, 0.4) is 0 Å².